The molecule has 1 fully saturated rings. The molecule has 1 saturated carbocycles. The van der Waals surface area contributed by atoms with Gasteiger partial charge in [-0.2, -0.15) is 0 Å². The second kappa shape index (κ2) is 5.80. The number of benzene rings is 1. The zero-order valence-corrected chi connectivity index (χ0v) is 13.3. The summed E-state index contributed by atoms with van der Waals surface area (Å²) in [7, 11) is 0. The smallest absolute Gasteiger partial charge is 0.161 e. The molecule has 3 rings (SSSR count). The summed E-state index contributed by atoms with van der Waals surface area (Å²) in [6.45, 7) is 5.47. The van der Waals surface area contributed by atoms with E-state index in [4.69, 9.17) is 4.99 Å². The van der Waals surface area contributed by atoms with E-state index < -0.39 is 0 Å². The van der Waals surface area contributed by atoms with Crippen LogP contribution < -0.4 is 5.32 Å². The molecule has 0 atom stereocenters. The molecule has 0 saturated heterocycles. The first-order chi connectivity index (χ1) is 9.67. The van der Waals surface area contributed by atoms with Crippen LogP contribution in [0.2, 0.25) is 0 Å². The quantitative estimate of drug-likeness (QED) is 0.838. The van der Waals surface area contributed by atoms with Crippen molar-refractivity contribution in [2.75, 3.05) is 17.6 Å². The molecule has 20 heavy (non-hydrogen) atoms. The van der Waals surface area contributed by atoms with Crippen molar-refractivity contribution >= 4 is 22.6 Å². The van der Waals surface area contributed by atoms with Gasteiger partial charge in [0.15, 0.2) is 5.17 Å². The van der Waals surface area contributed by atoms with E-state index >= 15 is 0 Å². The van der Waals surface area contributed by atoms with E-state index in [1.54, 1.807) is 0 Å². The van der Waals surface area contributed by atoms with E-state index in [0.717, 1.165) is 17.4 Å². The van der Waals surface area contributed by atoms with Crippen molar-refractivity contribution in [2.24, 2.45) is 10.4 Å². The van der Waals surface area contributed by atoms with Gasteiger partial charge in [-0.1, -0.05) is 50.6 Å². The van der Waals surface area contributed by atoms with E-state index in [1.807, 2.05) is 11.8 Å². The van der Waals surface area contributed by atoms with Gasteiger partial charge in [0, 0.05) is 18.0 Å². The van der Waals surface area contributed by atoms with E-state index in [2.05, 4.69) is 43.4 Å². The first kappa shape index (κ1) is 14.0. The van der Waals surface area contributed by atoms with Gasteiger partial charge in [-0.3, -0.25) is 4.99 Å². The van der Waals surface area contributed by atoms with Crippen molar-refractivity contribution in [3.63, 3.8) is 0 Å². The Bertz CT molecular complexity index is 484. The van der Waals surface area contributed by atoms with Gasteiger partial charge >= 0.3 is 0 Å². The minimum absolute atomic E-state index is 0.525. The summed E-state index contributed by atoms with van der Waals surface area (Å²) < 4.78 is 0. The van der Waals surface area contributed by atoms with Crippen molar-refractivity contribution in [3.05, 3.63) is 29.8 Å². The van der Waals surface area contributed by atoms with E-state index in [9.17, 15) is 0 Å². The Morgan fingerprint density at radius 3 is 2.40 bits per heavy atom. The summed E-state index contributed by atoms with van der Waals surface area (Å²) in [5, 5.41) is 4.56. The van der Waals surface area contributed by atoms with Crippen molar-refractivity contribution in [2.45, 2.75) is 45.4 Å². The molecule has 1 spiro atoms. The number of anilines is 1. The van der Waals surface area contributed by atoms with Crippen molar-refractivity contribution < 1.29 is 0 Å². The molecular weight excluding hydrogens is 264 g/mol. The Morgan fingerprint density at radius 1 is 1.15 bits per heavy atom. The highest BCUT2D eigenvalue weighted by molar-refractivity contribution is 8.14. The van der Waals surface area contributed by atoms with Gasteiger partial charge in [-0.05, 0) is 41.9 Å². The average Bonchev–Trinajstić information content (AvgIpc) is 2.91. The van der Waals surface area contributed by atoms with Crippen LogP contribution in [0, 0.1) is 5.41 Å². The zero-order chi connectivity index (χ0) is 14.0. The lowest BCUT2D eigenvalue weighted by molar-refractivity contribution is 0.359. The summed E-state index contributed by atoms with van der Waals surface area (Å²) >= 11 is 1.90. The molecule has 0 aromatic heterocycles. The van der Waals surface area contributed by atoms with Crippen LogP contribution in [0.3, 0.4) is 0 Å². The molecule has 0 bridgehead atoms. The van der Waals surface area contributed by atoms with Crippen LogP contribution in [-0.2, 0) is 0 Å². The molecule has 1 aromatic rings. The lowest BCUT2D eigenvalue weighted by atomic mass is 9.89. The molecule has 1 aliphatic heterocycles. The summed E-state index contributed by atoms with van der Waals surface area (Å²) in [5.41, 5.74) is 3.07. The number of thioether (sulfide) groups is 1. The predicted molar refractivity (Wildman–Crippen MR) is 89.8 cm³/mol. The van der Waals surface area contributed by atoms with Crippen LogP contribution in [-0.4, -0.2) is 17.5 Å². The summed E-state index contributed by atoms with van der Waals surface area (Å²) in [4.78, 5) is 4.79. The maximum absolute atomic E-state index is 4.79. The molecule has 108 valence electrons. The summed E-state index contributed by atoms with van der Waals surface area (Å²) in [6.07, 6.45) is 5.55. The highest BCUT2D eigenvalue weighted by Gasteiger charge is 2.36. The van der Waals surface area contributed by atoms with Crippen molar-refractivity contribution in [1.29, 1.82) is 0 Å². The minimum Gasteiger partial charge on any atom is -0.335 e. The van der Waals surface area contributed by atoms with Gasteiger partial charge < -0.3 is 5.32 Å². The van der Waals surface area contributed by atoms with Crippen LogP contribution >= 0.6 is 11.8 Å². The number of amidine groups is 1. The molecule has 0 unspecified atom stereocenters. The van der Waals surface area contributed by atoms with Crippen LogP contribution in [0.5, 0.6) is 0 Å². The first-order valence-electron chi connectivity index (χ1n) is 7.71. The number of rotatable bonds is 2. The Labute approximate surface area is 126 Å². The Morgan fingerprint density at radius 2 is 1.85 bits per heavy atom. The SMILES string of the molecule is CC(C)c1ccc(NC2=NCC3(CCCC3)CS2)cc1. The Hall–Kier alpha value is -0.960. The fourth-order valence-corrected chi connectivity index (χ4v) is 4.30. The number of hydrogen-bond donors (Lipinski definition) is 1. The average molecular weight is 288 g/mol. The molecule has 0 amide bonds. The fourth-order valence-electron chi connectivity index (χ4n) is 3.13. The highest BCUT2D eigenvalue weighted by Crippen LogP contribution is 2.43. The largest absolute Gasteiger partial charge is 0.335 e. The normalized spacial score (nSPS) is 21.2. The number of nitrogens with one attached hydrogen (secondary N) is 1. The maximum atomic E-state index is 4.79. The molecule has 1 N–H and O–H groups in total. The van der Waals surface area contributed by atoms with Gasteiger partial charge in [0.25, 0.3) is 0 Å². The van der Waals surface area contributed by atoms with Crippen molar-refractivity contribution in [3.8, 4) is 0 Å². The minimum atomic E-state index is 0.525. The predicted octanol–water partition coefficient (Wildman–Crippen LogP) is 4.89. The lowest BCUT2D eigenvalue weighted by Gasteiger charge is -2.31. The monoisotopic (exact) mass is 288 g/mol. The van der Waals surface area contributed by atoms with Crippen LogP contribution in [0.15, 0.2) is 29.3 Å². The van der Waals surface area contributed by atoms with Crippen LogP contribution in [0.4, 0.5) is 5.69 Å². The van der Waals surface area contributed by atoms with E-state index in [0.29, 0.717) is 11.3 Å². The summed E-state index contributed by atoms with van der Waals surface area (Å²) in [5.74, 6) is 1.83. The molecule has 2 aliphatic rings. The first-order valence-corrected chi connectivity index (χ1v) is 8.70. The molecule has 0 radical (unpaired) electrons. The number of hydrogen-bond acceptors (Lipinski definition) is 3. The molecule has 2 nitrogen and oxygen atoms in total. The van der Waals surface area contributed by atoms with Crippen LogP contribution in [0.25, 0.3) is 0 Å². The third-order valence-electron chi connectivity index (χ3n) is 4.57. The third kappa shape index (κ3) is 3.03. The topological polar surface area (TPSA) is 24.4 Å². The van der Waals surface area contributed by atoms with Crippen molar-refractivity contribution in [1.82, 2.24) is 0 Å². The van der Waals surface area contributed by atoms with Gasteiger partial charge in [0.1, 0.15) is 0 Å². The zero-order valence-electron chi connectivity index (χ0n) is 12.5. The number of nitrogens with zero attached hydrogens (tertiary/aromatic N) is 1. The number of aliphatic imine (C=N–C) groups is 1. The molecule has 1 aliphatic carbocycles. The fraction of sp³-hybridized carbons (Fsp3) is 0.588. The van der Waals surface area contributed by atoms with Gasteiger partial charge in [0.2, 0.25) is 0 Å². The molecular formula is C17H24N2S. The summed E-state index contributed by atoms with van der Waals surface area (Å²) in [6, 6.07) is 8.75. The van der Waals surface area contributed by atoms with E-state index in [-0.39, 0.29) is 0 Å². The molecule has 1 heterocycles. The standard InChI is InChI=1S/C17H24N2S/c1-13(2)14-5-7-15(8-6-14)19-16-18-11-17(12-20-16)9-3-4-10-17/h5-8,13H,3-4,9-12H2,1-2H3,(H,18,19). The lowest BCUT2D eigenvalue weighted by Crippen LogP contribution is -2.30. The van der Waals surface area contributed by atoms with Gasteiger partial charge in [-0.25, -0.2) is 0 Å². The Kier molecular flexibility index (Phi) is 4.06. The van der Waals surface area contributed by atoms with Gasteiger partial charge in [0.05, 0.1) is 0 Å². The third-order valence-corrected chi connectivity index (χ3v) is 5.83. The second-order valence-electron chi connectivity index (χ2n) is 6.52. The highest BCUT2D eigenvalue weighted by atomic mass is 32.2. The maximum Gasteiger partial charge on any atom is 0.161 e. The Balaban J connectivity index is 1.62. The van der Waals surface area contributed by atoms with E-state index in [1.165, 1.54) is 37.0 Å². The second-order valence-corrected chi connectivity index (χ2v) is 7.48. The van der Waals surface area contributed by atoms with Gasteiger partial charge in [-0.15, -0.1) is 0 Å². The molecule has 3 heteroatoms. The van der Waals surface area contributed by atoms with Crippen LogP contribution in [0.1, 0.15) is 51.0 Å². The molecule has 1 aromatic carbocycles.